The Hall–Kier alpha value is -2.43. The molecule has 0 bridgehead atoms. The highest BCUT2D eigenvalue weighted by Crippen LogP contribution is 2.42. The number of aliphatic carboxylic acids is 1. The van der Waals surface area contributed by atoms with E-state index in [0.717, 1.165) is 43.7 Å². The maximum atomic E-state index is 12.8. The number of aliphatic hydroxyl groups excluding tert-OH is 1. The van der Waals surface area contributed by atoms with Gasteiger partial charge in [0.15, 0.2) is 5.60 Å². The van der Waals surface area contributed by atoms with Gasteiger partial charge in [-0.2, -0.15) is 0 Å². The fraction of sp³-hybridized carbons (Fsp3) is 0.500. The first-order valence-corrected chi connectivity index (χ1v) is 13.5. The average molecular weight is 618 g/mol. The highest BCUT2D eigenvalue weighted by Gasteiger charge is 2.42. The Morgan fingerprint density at radius 3 is 2.45 bits per heavy atom. The normalized spacial score (nSPS) is 16.9. The van der Waals surface area contributed by atoms with E-state index in [4.69, 9.17) is 37.4 Å². The lowest BCUT2D eigenvalue weighted by Gasteiger charge is -2.39. The number of benzene rings is 2. The van der Waals surface area contributed by atoms with E-state index in [1.165, 1.54) is 30.9 Å². The van der Waals surface area contributed by atoms with E-state index < -0.39 is 17.7 Å². The molecule has 2 aromatic carbocycles. The highest BCUT2D eigenvalue weighted by molar-refractivity contribution is 6.32. The van der Waals surface area contributed by atoms with Crippen LogP contribution in [0.15, 0.2) is 30.3 Å². The predicted octanol–water partition coefficient (Wildman–Crippen LogP) is 4.57. The van der Waals surface area contributed by atoms with E-state index in [2.05, 4.69) is 4.90 Å². The van der Waals surface area contributed by atoms with E-state index >= 15 is 0 Å². The summed E-state index contributed by atoms with van der Waals surface area (Å²) < 4.78 is 17.8. The number of carboxylic acids is 1. The molecular weight excluding hydrogens is 583 g/mol. The van der Waals surface area contributed by atoms with Crippen molar-refractivity contribution in [1.29, 1.82) is 0 Å². The van der Waals surface area contributed by atoms with Gasteiger partial charge in [-0.3, -0.25) is 4.79 Å². The number of β-amino-alcohol motifs (C(OH)–C–C–N with tert-alkyl or cyclic N) is 1. The van der Waals surface area contributed by atoms with Crippen LogP contribution in [0.4, 0.5) is 0 Å². The quantitative estimate of drug-likeness (QED) is 0.422. The van der Waals surface area contributed by atoms with Gasteiger partial charge in [-0.1, -0.05) is 23.2 Å². The largest absolute Gasteiger partial charge is 0.490 e. The van der Waals surface area contributed by atoms with Gasteiger partial charge in [0.1, 0.15) is 35.6 Å². The molecule has 4 rings (SSSR count). The van der Waals surface area contributed by atoms with Gasteiger partial charge in [0.25, 0.3) is 5.91 Å². The summed E-state index contributed by atoms with van der Waals surface area (Å²) in [4.78, 5) is 27.8. The molecule has 40 heavy (non-hydrogen) atoms. The Morgan fingerprint density at radius 1 is 1.15 bits per heavy atom. The minimum absolute atomic E-state index is 0. The molecule has 0 radical (unpaired) electrons. The number of carboxylic acid groups (broad SMARTS) is 1. The van der Waals surface area contributed by atoms with Crippen molar-refractivity contribution in [1.82, 2.24) is 9.80 Å². The number of hydrogen-bond acceptors (Lipinski definition) is 7. The van der Waals surface area contributed by atoms with E-state index in [9.17, 15) is 19.8 Å². The summed E-state index contributed by atoms with van der Waals surface area (Å²) in [5.74, 6) is -0.442. The molecule has 0 aromatic heterocycles. The second-order valence-corrected chi connectivity index (χ2v) is 11.7. The van der Waals surface area contributed by atoms with E-state index in [1.807, 2.05) is 18.2 Å². The molecule has 1 spiro atoms. The topological polar surface area (TPSA) is 109 Å². The van der Waals surface area contributed by atoms with Gasteiger partial charge in [0.2, 0.25) is 0 Å². The van der Waals surface area contributed by atoms with Crippen molar-refractivity contribution >= 4 is 47.5 Å². The molecule has 2 aromatic rings. The summed E-state index contributed by atoms with van der Waals surface area (Å²) in [5.41, 5.74) is -0.493. The SMILES string of the molecule is CN(C)C(=O)c1cc(Cl)c(OC(C)(C)C(=O)O)cc1OC[C@@H](O)CN1CCC2(CC1)Cc1cc(Cl)ccc1O2.Cl. The molecule has 2 aliphatic heterocycles. The molecule has 12 heteroatoms. The van der Waals surface area contributed by atoms with Gasteiger partial charge in [0.05, 0.1) is 10.6 Å². The molecule has 2 aliphatic rings. The lowest BCUT2D eigenvalue weighted by atomic mass is 9.87. The minimum atomic E-state index is -1.56. The minimum Gasteiger partial charge on any atom is -0.490 e. The van der Waals surface area contributed by atoms with Gasteiger partial charge in [-0.25, -0.2) is 4.79 Å². The molecule has 0 aliphatic carbocycles. The van der Waals surface area contributed by atoms with Crippen LogP contribution in [0, 0.1) is 0 Å². The molecule has 1 atom stereocenters. The average Bonchev–Trinajstić information content (AvgIpc) is 3.21. The molecule has 2 N–H and O–H groups in total. The Balaban J connectivity index is 0.00000441. The maximum absolute atomic E-state index is 12.8. The van der Waals surface area contributed by atoms with Crippen LogP contribution >= 0.6 is 35.6 Å². The second-order valence-electron chi connectivity index (χ2n) is 10.9. The van der Waals surface area contributed by atoms with Crippen molar-refractivity contribution in [3.8, 4) is 17.2 Å². The summed E-state index contributed by atoms with van der Waals surface area (Å²) in [6, 6.07) is 8.50. The van der Waals surface area contributed by atoms with Gasteiger partial charge < -0.3 is 34.2 Å². The molecule has 1 fully saturated rings. The zero-order chi connectivity index (χ0) is 28.5. The molecule has 220 valence electrons. The number of carbonyl (C=O) groups excluding carboxylic acids is 1. The molecular formula is C28H35Cl3N2O7. The standard InChI is InChI=1S/C28H34Cl2N2O7.ClH/c1-27(2,26(35)36)38-24-13-23(20(12-21(24)30)25(34)31(3)4)37-16-19(33)15-32-9-7-28(8-10-32)14-17-11-18(29)5-6-22(17)39-28;/h5-6,11-13,19,33H,7-10,14-16H2,1-4H3,(H,35,36);1H/t19-;/m0./s1. The lowest BCUT2D eigenvalue weighted by Crippen LogP contribution is -2.49. The molecule has 1 amide bonds. The Kier molecular flexibility index (Phi) is 10.1. The maximum Gasteiger partial charge on any atom is 0.347 e. The number of amides is 1. The van der Waals surface area contributed by atoms with E-state index in [1.54, 1.807) is 14.1 Å². The summed E-state index contributed by atoms with van der Waals surface area (Å²) in [6.07, 6.45) is 1.64. The molecule has 2 heterocycles. The monoisotopic (exact) mass is 616 g/mol. The number of hydrogen-bond donors (Lipinski definition) is 2. The first kappa shape index (κ1) is 32.1. The number of nitrogens with zero attached hydrogens (tertiary/aromatic N) is 2. The van der Waals surface area contributed by atoms with Gasteiger partial charge >= 0.3 is 5.97 Å². The number of piperidine rings is 1. The zero-order valence-electron chi connectivity index (χ0n) is 22.9. The third kappa shape index (κ3) is 7.25. The summed E-state index contributed by atoms with van der Waals surface area (Å²) >= 11 is 12.5. The smallest absolute Gasteiger partial charge is 0.347 e. The fourth-order valence-electron chi connectivity index (χ4n) is 4.82. The van der Waals surface area contributed by atoms with Crippen LogP contribution < -0.4 is 14.2 Å². The predicted molar refractivity (Wildman–Crippen MR) is 155 cm³/mol. The van der Waals surface area contributed by atoms with E-state index in [-0.39, 0.29) is 52.6 Å². The van der Waals surface area contributed by atoms with Gasteiger partial charge in [0, 0.05) is 64.1 Å². The van der Waals surface area contributed by atoms with Crippen LogP contribution in [0.2, 0.25) is 10.0 Å². The van der Waals surface area contributed by atoms with Crippen LogP contribution in [0.25, 0.3) is 0 Å². The van der Waals surface area contributed by atoms with Crippen molar-refractivity contribution in [2.75, 3.05) is 40.3 Å². The van der Waals surface area contributed by atoms with Crippen LogP contribution in [0.5, 0.6) is 17.2 Å². The van der Waals surface area contributed by atoms with Gasteiger partial charge in [-0.05, 0) is 43.7 Å². The number of aliphatic hydroxyl groups is 1. The van der Waals surface area contributed by atoms with E-state index in [0.29, 0.717) is 11.6 Å². The van der Waals surface area contributed by atoms with Crippen molar-refractivity contribution in [2.45, 2.75) is 50.4 Å². The Bertz CT molecular complexity index is 1250. The first-order chi connectivity index (χ1) is 18.3. The lowest BCUT2D eigenvalue weighted by molar-refractivity contribution is -0.152. The van der Waals surface area contributed by atoms with Crippen molar-refractivity contribution in [3.63, 3.8) is 0 Å². The number of carbonyl (C=O) groups is 2. The van der Waals surface area contributed by atoms with Crippen LogP contribution in [-0.4, -0.2) is 89.5 Å². The molecule has 0 unspecified atom stereocenters. The van der Waals surface area contributed by atoms with Crippen molar-refractivity contribution in [3.05, 3.63) is 51.5 Å². The van der Waals surface area contributed by atoms with Gasteiger partial charge in [-0.15, -0.1) is 12.4 Å². The summed E-state index contributed by atoms with van der Waals surface area (Å²) in [6.45, 7) is 4.59. The molecule has 0 saturated carbocycles. The Morgan fingerprint density at radius 2 is 1.82 bits per heavy atom. The highest BCUT2D eigenvalue weighted by atomic mass is 35.5. The van der Waals surface area contributed by atoms with Crippen molar-refractivity contribution < 1.29 is 34.0 Å². The number of halogens is 3. The first-order valence-electron chi connectivity index (χ1n) is 12.8. The van der Waals surface area contributed by atoms with Crippen LogP contribution in [0.3, 0.4) is 0 Å². The number of ether oxygens (including phenoxy) is 3. The van der Waals surface area contributed by atoms with Crippen LogP contribution in [0.1, 0.15) is 42.6 Å². The number of rotatable bonds is 9. The molecule has 1 saturated heterocycles. The zero-order valence-corrected chi connectivity index (χ0v) is 25.2. The third-order valence-electron chi connectivity index (χ3n) is 7.08. The number of fused-ring (bicyclic) bond motifs is 1. The summed E-state index contributed by atoms with van der Waals surface area (Å²) in [7, 11) is 3.19. The number of likely N-dealkylation sites (tertiary alicyclic amines) is 1. The Labute approximate surface area is 250 Å². The second kappa shape index (κ2) is 12.6. The fourth-order valence-corrected chi connectivity index (χ4v) is 5.22. The molecule has 9 nitrogen and oxygen atoms in total. The van der Waals surface area contributed by atoms with Crippen molar-refractivity contribution in [2.24, 2.45) is 0 Å². The third-order valence-corrected chi connectivity index (χ3v) is 7.61. The van der Waals surface area contributed by atoms with Crippen LogP contribution in [-0.2, 0) is 11.2 Å². The summed E-state index contributed by atoms with van der Waals surface area (Å²) in [5, 5.41) is 21.0.